The van der Waals surface area contributed by atoms with Gasteiger partial charge in [0.05, 0.1) is 18.0 Å². The normalized spacial score (nSPS) is 39.2. The van der Waals surface area contributed by atoms with Crippen LogP contribution in [0.15, 0.2) is 34.6 Å². The second-order valence-corrected chi connectivity index (χ2v) is 14.9. The fourth-order valence-corrected chi connectivity index (χ4v) is 10.1. The van der Waals surface area contributed by atoms with Gasteiger partial charge in [-0.2, -0.15) is 0 Å². The molecule has 5 aliphatic rings. The average molecular weight is 540 g/mol. The van der Waals surface area contributed by atoms with Crippen LogP contribution in [0.5, 0.6) is 0 Å². The Balaban J connectivity index is 1.36. The zero-order chi connectivity index (χ0) is 27.8. The van der Waals surface area contributed by atoms with Crippen LogP contribution in [0.4, 0.5) is 0 Å². The molecule has 0 saturated heterocycles. The standard InChI is InChI=1S/C34H54BO2S/c1-22(2)12-15-31(36-26-10-8-7-9-11-26)24(4)32-23(3)20-30-28-14-13-25-21-27(37-38-35)16-18-33(25,5)29(28)17-19-34(30,32)6/h13,15,22,24,26-30,35H,7-12,14,16-21H2,1-6H3/b31-15-/t24-,27+,28-,29+,30+,33+,34+/m1/s1/i35T. The fraction of sp³-hybridized carbons (Fsp3) is 0.824. The molecule has 5 aliphatic carbocycles. The van der Waals surface area contributed by atoms with Gasteiger partial charge in [-0.25, -0.2) is 0 Å². The first-order valence-electron chi connectivity index (χ1n) is 16.5. The second kappa shape index (κ2) is 11.7. The van der Waals surface area contributed by atoms with E-state index in [-0.39, 0.29) is 6.10 Å². The number of fused-ring (bicyclic) bond motifs is 5. The molecule has 0 bridgehead atoms. The molecule has 7 atom stereocenters. The van der Waals surface area contributed by atoms with Gasteiger partial charge in [0.25, 0.3) is 0 Å². The topological polar surface area (TPSA) is 18.5 Å². The van der Waals surface area contributed by atoms with E-state index >= 15 is 0 Å². The van der Waals surface area contributed by atoms with Gasteiger partial charge in [0.1, 0.15) is 0 Å². The summed E-state index contributed by atoms with van der Waals surface area (Å²) in [6, 6.07) is 0. The summed E-state index contributed by atoms with van der Waals surface area (Å²) in [5, 5.41) is 0. The lowest BCUT2D eigenvalue weighted by Gasteiger charge is -2.58. The van der Waals surface area contributed by atoms with Gasteiger partial charge < -0.3 is 8.92 Å². The maximum absolute atomic E-state index is 7.33. The van der Waals surface area contributed by atoms with Crippen molar-refractivity contribution in [2.45, 2.75) is 137 Å². The van der Waals surface area contributed by atoms with Gasteiger partial charge in [-0.3, -0.25) is 0 Å². The molecule has 0 N–H and O–H groups in total. The van der Waals surface area contributed by atoms with Gasteiger partial charge in [-0.1, -0.05) is 75.7 Å². The molecule has 5 rings (SSSR count). The van der Waals surface area contributed by atoms with Crippen molar-refractivity contribution in [1.29, 1.82) is 1.34 Å². The minimum absolute atomic E-state index is 0.268. The highest BCUT2D eigenvalue weighted by molar-refractivity contribution is 8.15. The van der Waals surface area contributed by atoms with Crippen LogP contribution in [0.2, 0.25) is 0 Å². The van der Waals surface area contributed by atoms with Crippen molar-refractivity contribution in [1.82, 2.24) is 0 Å². The second-order valence-electron chi connectivity index (χ2n) is 14.5. The van der Waals surface area contributed by atoms with E-state index in [1.807, 2.05) is 0 Å². The first-order valence-corrected chi connectivity index (χ1v) is 16.8. The van der Waals surface area contributed by atoms with E-state index in [4.69, 9.17) is 10.3 Å². The third kappa shape index (κ3) is 5.36. The zero-order valence-corrected chi connectivity index (χ0v) is 26.0. The number of hydrogen-bond donors (Lipinski definition) is 0. The Morgan fingerprint density at radius 2 is 1.82 bits per heavy atom. The van der Waals surface area contributed by atoms with Crippen LogP contribution in [0.1, 0.15) is 125 Å². The average Bonchev–Trinajstić information content (AvgIpc) is 3.19. The molecule has 0 unspecified atom stereocenters. The molecular weight excluding hydrogens is 483 g/mol. The Morgan fingerprint density at radius 1 is 1.05 bits per heavy atom. The van der Waals surface area contributed by atoms with Gasteiger partial charge >= 0.3 is 0 Å². The molecule has 0 aliphatic heterocycles. The Bertz CT molecular complexity index is 968. The number of allylic oxidation sites excluding steroid dienone is 4. The third-order valence-corrected chi connectivity index (χ3v) is 12.1. The molecule has 0 aromatic heterocycles. The molecular formula is C34H54BO2S. The lowest BCUT2D eigenvalue weighted by atomic mass is 9.47. The number of ether oxygens (including phenoxy) is 1. The van der Waals surface area contributed by atoms with Crippen LogP contribution in [0, 0.1) is 40.4 Å². The third-order valence-electron chi connectivity index (χ3n) is 11.7. The van der Waals surface area contributed by atoms with Crippen molar-refractivity contribution in [2.75, 3.05) is 0 Å². The summed E-state index contributed by atoms with van der Waals surface area (Å²) in [5.41, 5.74) is 5.68. The molecule has 3 fully saturated rings. The van der Waals surface area contributed by atoms with Crippen molar-refractivity contribution in [2.24, 2.45) is 40.4 Å². The van der Waals surface area contributed by atoms with Crippen LogP contribution in [-0.2, 0) is 8.92 Å². The first kappa shape index (κ1) is 27.6. The van der Waals surface area contributed by atoms with E-state index < -0.39 is 0 Å². The van der Waals surface area contributed by atoms with Crippen molar-refractivity contribution < 1.29 is 8.92 Å². The van der Waals surface area contributed by atoms with Crippen LogP contribution in [-0.4, -0.2) is 20.6 Å². The van der Waals surface area contributed by atoms with Crippen molar-refractivity contribution in [3.8, 4) is 0 Å². The van der Waals surface area contributed by atoms with Crippen molar-refractivity contribution in [3.05, 3.63) is 34.6 Å². The Hall–Kier alpha value is -0.605. The van der Waals surface area contributed by atoms with Gasteiger partial charge in [-0.15, -0.1) is 0 Å². The molecule has 3 saturated carbocycles. The van der Waals surface area contributed by atoms with Crippen molar-refractivity contribution >= 4 is 19.0 Å². The summed E-state index contributed by atoms with van der Waals surface area (Å²) in [6.07, 6.45) is 22.0. The van der Waals surface area contributed by atoms with Crippen LogP contribution >= 0.6 is 11.9 Å². The maximum Gasteiger partial charge on any atom is 0.209 e. The smallest absolute Gasteiger partial charge is 0.209 e. The Morgan fingerprint density at radius 3 is 2.55 bits per heavy atom. The monoisotopic (exact) mass is 539 g/mol. The van der Waals surface area contributed by atoms with Crippen molar-refractivity contribution in [3.63, 3.8) is 0 Å². The van der Waals surface area contributed by atoms with Crippen LogP contribution in [0.3, 0.4) is 0 Å². The van der Waals surface area contributed by atoms with Gasteiger partial charge in [0.2, 0.25) is 7.09 Å². The quantitative estimate of drug-likeness (QED) is 0.126. The number of rotatable bonds is 9. The lowest BCUT2D eigenvalue weighted by Crippen LogP contribution is -2.50. The molecule has 0 aromatic rings. The minimum atomic E-state index is 0.268. The molecule has 0 amide bonds. The summed E-state index contributed by atoms with van der Waals surface area (Å²) in [4.78, 5) is 0. The SMILES string of the molecule is [3H][B]SO[C@H]1CC[C@@]2(C)C(=CC[C@@H]3[C@@H]2CC[C@]2(C)C([C@H](C)/C(=C/CC(C)C)OC4CCCCC4)=C(C)C[C@@H]32)C1. The van der Waals surface area contributed by atoms with Crippen LogP contribution < -0.4 is 0 Å². The van der Waals surface area contributed by atoms with Gasteiger partial charge in [-0.05, 0) is 126 Å². The largest absolute Gasteiger partial charge is 0.494 e. The summed E-state index contributed by atoms with van der Waals surface area (Å²) in [5.74, 6) is 4.67. The van der Waals surface area contributed by atoms with E-state index in [0.29, 0.717) is 28.8 Å². The molecule has 0 aromatic carbocycles. The zero-order valence-electron chi connectivity index (χ0n) is 26.2. The summed E-state index contributed by atoms with van der Waals surface area (Å²) in [7, 11) is 1.32. The van der Waals surface area contributed by atoms with Crippen LogP contribution in [0.25, 0.3) is 0 Å². The fourth-order valence-electron chi connectivity index (χ4n) is 9.81. The van der Waals surface area contributed by atoms with E-state index in [0.717, 1.165) is 37.0 Å². The molecule has 38 heavy (non-hydrogen) atoms. The van der Waals surface area contributed by atoms with E-state index in [9.17, 15) is 0 Å². The van der Waals surface area contributed by atoms with Gasteiger partial charge in [0, 0.05) is 5.92 Å². The summed E-state index contributed by atoms with van der Waals surface area (Å²) in [6.45, 7) is 14.8. The molecule has 0 heterocycles. The summed E-state index contributed by atoms with van der Waals surface area (Å²) < 4.78 is 20.2. The lowest BCUT2D eigenvalue weighted by molar-refractivity contribution is -0.0289. The Labute approximate surface area is 241 Å². The van der Waals surface area contributed by atoms with E-state index in [1.54, 1.807) is 16.7 Å². The highest BCUT2D eigenvalue weighted by Crippen LogP contribution is 2.67. The minimum Gasteiger partial charge on any atom is -0.494 e. The highest BCUT2D eigenvalue weighted by atomic mass is 32.2. The maximum atomic E-state index is 7.33. The van der Waals surface area contributed by atoms with E-state index in [1.165, 1.54) is 88.9 Å². The summed E-state index contributed by atoms with van der Waals surface area (Å²) >= 11 is 1.20. The van der Waals surface area contributed by atoms with E-state index in [2.05, 4.69) is 53.7 Å². The predicted octanol–water partition coefficient (Wildman–Crippen LogP) is 9.64. The Kier molecular flexibility index (Phi) is 8.49. The molecule has 1 radical (unpaired) electrons. The first-order chi connectivity index (χ1) is 18.7. The molecule has 0 spiro atoms. The predicted molar refractivity (Wildman–Crippen MR) is 164 cm³/mol. The molecule has 211 valence electrons. The number of hydrogen-bond acceptors (Lipinski definition) is 3. The molecule has 2 nitrogen and oxygen atoms in total. The van der Waals surface area contributed by atoms with Gasteiger partial charge in [0.15, 0.2) is 0 Å². The molecule has 4 heteroatoms. The highest BCUT2D eigenvalue weighted by Gasteiger charge is 2.58.